The van der Waals surface area contributed by atoms with Crippen molar-refractivity contribution in [2.45, 2.75) is 26.3 Å². The lowest BCUT2D eigenvalue weighted by Gasteiger charge is -2.13. The molecule has 0 saturated heterocycles. The third-order valence-electron chi connectivity index (χ3n) is 4.01. The number of aromatic nitrogens is 2. The minimum Gasteiger partial charge on any atom is -0.455 e. The van der Waals surface area contributed by atoms with Crippen LogP contribution in [0.5, 0.6) is 11.5 Å². The van der Waals surface area contributed by atoms with Gasteiger partial charge in [-0.25, -0.2) is 9.97 Å². The number of benzene rings is 2. The highest BCUT2D eigenvalue weighted by Gasteiger charge is 2.11. The maximum atomic E-state index is 12.1. The Labute approximate surface area is 158 Å². The zero-order valence-electron chi connectivity index (χ0n) is 15.3. The monoisotopic (exact) mass is 362 g/mol. The van der Waals surface area contributed by atoms with Crippen molar-refractivity contribution in [3.63, 3.8) is 0 Å². The Morgan fingerprint density at radius 2 is 1.70 bits per heavy atom. The number of carbonyl (C=O) groups is 1. The van der Waals surface area contributed by atoms with E-state index in [9.17, 15) is 4.79 Å². The fourth-order valence-electron chi connectivity index (χ4n) is 2.31. The van der Waals surface area contributed by atoms with E-state index in [1.165, 1.54) is 12.4 Å². The van der Waals surface area contributed by atoms with Crippen LogP contribution in [0.15, 0.2) is 67.0 Å². The van der Waals surface area contributed by atoms with Crippen LogP contribution in [-0.4, -0.2) is 21.9 Å². The molecule has 0 radical (unpaired) electrons. The third-order valence-corrected chi connectivity index (χ3v) is 4.01. The van der Waals surface area contributed by atoms with Crippen molar-refractivity contribution in [1.82, 2.24) is 15.3 Å². The summed E-state index contributed by atoms with van der Waals surface area (Å²) in [7, 11) is 0. The molecule has 2 N–H and O–H groups in total. The van der Waals surface area contributed by atoms with Gasteiger partial charge in [0.2, 0.25) is 5.95 Å². The van der Waals surface area contributed by atoms with Gasteiger partial charge in [0.25, 0.3) is 5.91 Å². The normalized spacial score (nSPS) is 11.5. The quantitative estimate of drug-likeness (QED) is 0.645. The number of ether oxygens (including phenoxy) is 1. The largest absolute Gasteiger partial charge is 0.455 e. The molecule has 3 aromatic rings. The van der Waals surface area contributed by atoms with Crippen LogP contribution in [0.3, 0.4) is 0 Å². The van der Waals surface area contributed by atoms with Crippen LogP contribution in [0.2, 0.25) is 0 Å². The SMILES string of the molecule is CCC(C)NC(=O)c1cnc(Nc2ccccc2Oc2ccccc2)nc1. The first-order chi connectivity index (χ1) is 13.2. The molecular weight excluding hydrogens is 340 g/mol. The molecule has 0 aliphatic carbocycles. The Bertz CT molecular complexity index is 882. The van der Waals surface area contributed by atoms with E-state index in [1.807, 2.05) is 68.4 Å². The highest BCUT2D eigenvalue weighted by molar-refractivity contribution is 5.93. The lowest BCUT2D eigenvalue weighted by molar-refractivity contribution is 0.0938. The minimum atomic E-state index is -0.177. The molecule has 6 nitrogen and oxygen atoms in total. The molecule has 3 rings (SSSR count). The molecule has 0 fully saturated rings. The second-order valence-corrected chi connectivity index (χ2v) is 6.11. The zero-order valence-corrected chi connectivity index (χ0v) is 15.3. The Kier molecular flexibility index (Phi) is 5.99. The molecule has 0 bridgehead atoms. The molecule has 138 valence electrons. The van der Waals surface area contributed by atoms with Gasteiger partial charge in [-0.3, -0.25) is 4.79 Å². The van der Waals surface area contributed by atoms with Crippen LogP contribution in [-0.2, 0) is 0 Å². The van der Waals surface area contributed by atoms with Gasteiger partial charge in [0.15, 0.2) is 5.75 Å². The molecular formula is C21H22N4O2. The average molecular weight is 362 g/mol. The molecule has 0 aliphatic heterocycles. The summed E-state index contributed by atoms with van der Waals surface area (Å²) in [4.78, 5) is 20.6. The lowest BCUT2D eigenvalue weighted by Crippen LogP contribution is -2.32. The second-order valence-electron chi connectivity index (χ2n) is 6.11. The molecule has 0 saturated carbocycles. The Morgan fingerprint density at radius 1 is 1.04 bits per heavy atom. The van der Waals surface area contributed by atoms with Crippen LogP contribution in [0.25, 0.3) is 0 Å². The van der Waals surface area contributed by atoms with E-state index >= 15 is 0 Å². The predicted molar refractivity (Wildman–Crippen MR) is 105 cm³/mol. The van der Waals surface area contributed by atoms with E-state index < -0.39 is 0 Å². The highest BCUT2D eigenvalue weighted by atomic mass is 16.5. The van der Waals surface area contributed by atoms with Gasteiger partial charge in [-0.1, -0.05) is 37.3 Å². The van der Waals surface area contributed by atoms with Crippen molar-refractivity contribution in [2.24, 2.45) is 0 Å². The molecule has 1 aromatic heterocycles. The van der Waals surface area contributed by atoms with Crippen molar-refractivity contribution < 1.29 is 9.53 Å². The number of anilines is 2. The fraction of sp³-hybridized carbons (Fsp3) is 0.190. The third kappa shape index (κ3) is 5.04. The van der Waals surface area contributed by atoms with Crippen LogP contribution in [0.4, 0.5) is 11.6 Å². The van der Waals surface area contributed by atoms with Gasteiger partial charge in [-0.15, -0.1) is 0 Å². The summed E-state index contributed by atoms with van der Waals surface area (Å²) in [5.74, 6) is 1.61. The summed E-state index contributed by atoms with van der Waals surface area (Å²) in [5, 5.41) is 6.02. The average Bonchev–Trinajstić information content (AvgIpc) is 2.70. The number of hydrogen-bond acceptors (Lipinski definition) is 5. The minimum absolute atomic E-state index is 0.109. The Hall–Kier alpha value is -3.41. The summed E-state index contributed by atoms with van der Waals surface area (Å²) in [6.07, 6.45) is 3.88. The van der Waals surface area contributed by atoms with Crippen LogP contribution < -0.4 is 15.4 Å². The van der Waals surface area contributed by atoms with E-state index in [4.69, 9.17) is 4.74 Å². The molecule has 0 aliphatic rings. The van der Waals surface area contributed by atoms with Crippen molar-refractivity contribution >= 4 is 17.5 Å². The van der Waals surface area contributed by atoms with Gasteiger partial charge in [0.05, 0.1) is 11.3 Å². The second kappa shape index (κ2) is 8.80. The first-order valence-electron chi connectivity index (χ1n) is 8.87. The molecule has 1 unspecified atom stereocenters. The number of nitrogens with one attached hydrogen (secondary N) is 2. The molecule has 27 heavy (non-hydrogen) atoms. The number of amides is 1. The van der Waals surface area contributed by atoms with E-state index in [0.29, 0.717) is 17.3 Å². The molecule has 2 aromatic carbocycles. The van der Waals surface area contributed by atoms with Gasteiger partial charge in [-0.05, 0) is 37.6 Å². The summed E-state index contributed by atoms with van der Waals surface area (Å²) >= 11 is 0. The van der Waals surface area contributed by atoms with Gasteiger partial charge < -0.3 is 15.4 Å². The molecule has 1 atom stereocenters. The number of carbonyl (C=O) groups excluding carboxylic acids is 1. The van der Waals surface area contributed by atoms with Crippen molar-refractivity contribution in [2.75, 3.05) is 5.32 Å². The Morgan fingerprint density at radius 3 is 2.41 bits per heavy atom. The zero-order chi connectivity index (χ0) is 19.1. The summed E-state index contributed by atoms with van der Waals surface area (Å²) < 4.78 is 5.92. The van der Waals surface area contributed by atoms with Gasteiger partial charge in [0.1, 0.15) is 5.75 Å². The highest BCUT2D eigenvalue weighted by Crippen LogP contribution is 2.30. The summed E-state index contributed by atoms with van der Waals surface area (Å²) in [6.45, 7) is 3.97. The first-order valence-corrected chi connectivity index (χ1v) is 8.87. The summed E-state index contributed by atoms with van der Waals surface area (Å²) in [5.41, 5.74) is 1.16. The van der Waals surface area contributed by atoms with Crippen LogP contribution in [0.1, 0.15) is 30.6 Å². The van der Waals surface area contributed by atoms with Crippen molar-refractivity contribution in [1.29, 1.82) is 0 Å². The molecule has 6 heteroatoms. The number of hydrogen-bond donors (Lipinski definition) is 2. The van der Waals surface area contributed by atoms with Crippen LogP contribution >= 0.6 is 0 Å². The van der Waals surface area contributed by atoms with Gasteiger partial charge >= 0.3 is 0 Å². The predicted octanol–water partition coefficient (Wildman–Crippen LogP) is 4.54. The maximum Gasteiger partial charge on any atom is 0.254 e. The maximum absolute atomic E-state index is 12.1. The molecule has 1 amide bonds. The first kappa shape index (κ1) is 18.4. The van der Waals surface area contributed by atoms with Gasteiger partial charge in [0, 0.05) is 18.4 Å². The van der Waals surface area contributed by atoms with E-state index in [0.717, 1.165) is 17.9 Å². The standard InChI is InChI=1S/C21H22N4O2/c1-3-15(2)24-20(26)16-13-22-21(23-14-16)25-18-11-7-8-12-19(18)27-17-9-5-4-6-10-17/h4-15H,3H2,1-2H3,(H,24,26)(H,22,23,25). The van der Waals surface area contributed by atoms with Gasteiger partial charge in [-0.2, -0.15) is 0 Å². The smallest absolute Gasteiger partial charge is 0.254 e. The number of para-hydroxylation sites is 3. The van der Waals surface area contributed by atoms with Crippen LogP contribution in [0, 0.1) is 0 Å². The van der Waals surface area contributed by atoms with E-state index in [-0.39, 0.29) is 11.9 Å². The van der Waals surface area contributed by atoms with E-state index in [1.54, 1.807) is 0 Å². The molecule has 0 spiro atoms. The number of nitrogens with zero attached hydrogens (tertiary/aromatic N) is 2. The molecule has 1 heterocycles. The van der Waals surface area contributed by atoms with Crippen molar-refractivity contribution in [3.8, 4) is 11.5 Å². The number of rotatable bonds is 7. The fourth-order valence-corrected chi connectivity index (χ4v) is 2.31. The lowest BCUT2D eigenvalue weighted by atomic mass is 10.2. The van der Waals surface area contributed by atoms with Crippen molar-refractivity contribution in [3.05, 3.63) is 72.6 Å². The Balaban J connectivity index is 1.71. The van der Waals surface area contributed by atoms with E-state index in [2.05, 4.69) is 20.6 Å². The summed E-state index contributed by atoms with van der Waals surface area (Å²) in [6, 6.07) is 17.2. The topological polar surface area (TPSA) is 76.1 Å².